The molecule has 0 unspecified atom stereocenters. The lowest BCUT2D eigenvalue weighted by molar-refractivity contribution is -0.0792. The highest BCUT2D eigenvalue weighted by atomic mass is 19.3. The Bertz CT molecular complexity index is 2030. The van der Waals surface area contributed by atoms with E-state index in [1.54, 1.807) is 56.8 Å². The van der Waals surface area contributed by atoms with Gasteiger partial charge in [0.25, 0.3) is 6.43 Å². The Hall–Kier alpha value is -4.78. The van der Waals surface area contributed by atoms with Gasteiger partial charge >= 0.3 is 5.69 Å². The number of ether oxygens (including phenoxy) is 2. The molecule has 0 bridgehead atoms. The minimum Gasteiger partial charge on any atom is -0.483 e. The van der Waals surface area contributed by atoms with Crippen LogP contribution in [0.3, 0.4) is 0 Å². The second-order valence-corrected chi connectivity index (χ2v) is 10.3. The van der Waals surface area contributed by atoms with Crippen LogP contribution in [0.1, 0.15) is 12.0 Å². The molecule has 0 atom stereocenters. The first kappa shape index (κ1) is 25.2. The van der Waals surface area contributed by atoms with E-state index < -0.39 is 6.43 Å². The molecule has 1 fully saturated rings. The Kier molecular flexibility index (Phi) is 5.61. The summed E-state index contributed by atoms with van der Waals surface area (Å²) in [7, 11) is 6.96. The summed E-state index contributed by atoms with van der Waals surface area (Å²) in [6.07, 6.45) is 3.68. The van der Waals surface area contributed by atoms with Crippen LogP contribution >= 0.6 is 0 Å². The SMILES string of the molecule is Cn1cc(-c2cc3nc(-c4cncn4C)n(-c4cc(OC5COC5)c5c(c4)n(C)c(=O)n5C)c3cc2C(F)F)cn1. The zero-order chi connectivity index (χ0) is 28.6. The Labute approximate surface area is 231 Å². The van der Waals surface area contributed by atoms with Gasteiger partial charge in [-0.25, -0.2) is 23.5 Å². The van der Waals surface area contributed by atoms with Crippen LogP contribution in [0.2, 0.25) is 0 Å². The molecule has 13 heteroatoms. The summed E-state index contributed by atoms with van der Waals surface area (Å²) in [5.41, 5.74) is 4.10. The molecule has 1 aliphatic rings. The van der Waals surface area contributed by atoms with E-state index in [0.29, 0.717) is 69.4 Å². The smallest absolute Gasteiger partial charge is 0.328 e. The highest BCUT2D eigenvalue weighted by Crippen LogP contribution is 2.39. The van der Waals surface area contributed by atoms with E-state index in [1.165, 1.54) is 15.2 Å². The van der Waals surface area contributed by atoms with Crippen LogP contribution in [0.5, 0.6) is 5.75 Å². The van der Waals surface area contributed by atoms with Gasteiger partial charge < -0.3 is 14.0 Å². The van der Waals surface area contributed by atoms with Gasteiger partial charge in [-0.3, -0.25) is 18.4 Å². The highest BCUT2D eigenvalue weighted by molar-refractivity contribution is 5.91. The Balaban J connectivity index is 1.56. The Morgan fingerprint density at radius 3 is 2.46 bits per heavy atom. The fourth-order valence-electron chi connectivity index (χ4n) is 5.41. The van der Waals surface area contributed by atoms with Gasteiger partial charge in [0.1, 0.15) is 23.1 Å². The summed E-state index contributed by atoms with van der Waals surface area (Å²) in [5.74, 6) is 0.992. The topological polar surface area (TPSA) is 98.9 Å². The number of benzene rings is 2. The zero-order valence-electron chi connectivity index (χ0n) is 22.7. The maximum absolute atomic E-state index is 14.5. The van der Waals surface area contributed by atoms with Crippen molar-refractivity contribution in [2.24, 2.45) is 28.2 Å². The molecule has 7 rings (SSSR count). The van der Waals surface area contributed by atoms with Gasteiger partial charge in [-0.05, 0) is 23.8 Å². The molecule has 0 saturated carbocycles. The normalized spacial score (nSPS) is 14.0. The maximum Gasteiger partial charge on any atom is 0.328 e. The molecule has 41 heavy (non-hydrogen) atoms. The standard InChI is InChI=1S/C28H26F2N8O3/c1-34-14-31-10-23(34)27-33-20-7-18(15-9-32-35(2)11-15)19(26(29)30)8-21(20)38(27)16-5-22-25(37(4)28(39)36(22)3)24(6-16)41-17-12-40-13-17/h5-11,14,17,26H,12-13H2,1-4H3. The van der Waals surface area contributed by atoms with Crippen molar-refractivity contribution in [1.29, 1.82) is 0 Å². The minimum absolute atomic E-state index is 0.139. The van der Waals surface area contributed by atoms with E-state index in [9.17, 15) is 13.6 Å². The summed E-state index contributed by atoms with van der Waals surface area (Å²) in [4.78, 5) is 22.1. The van der Waals surface area contributed by atoms with E-state index in [1.807, 2.05) is 28.3 Å². The number of fused-ring (bicyclic) bond motifs is 2. The molecule has 11 nitrogen and oxygen atoms in total. The first-order chi connectivity index (χ1) is 19.7. The van der Waals surface area contributed by atoms with Crippen molar-refractivity contribution in [2.75, 3.05) is 13.2 Å². The van der Waals surface area contributed by atoms with Gasteiger partial charge in [0.2, 0.25) is 0 Å². The van der Waals surface area contributed by atoms with E-state index in [4.69, 9.17) is 14.5 Å². The molecule has 6 aromatic rings. The monoisotopic (exact) mass is 560 g/mol. The number of imidazole rings is 3. The van der Waals surface area contributed by atoms with Crippen LogP contribution in [0, 0.1) is 0 Å². The van der Waals surface area contributed by atoms with Gasteiger partial charge in [-0.2, -0.15) is 5.10 Å². The first-order valence-corrected chi connectivity index (χ1v) is 13.0. The number of hydrogen-bond acceptors (Lipinski definition) is 6. The Morgan fingerprint density at radius 1 is 1.02 bits per heavy atom. The van der Waals surface area contributed by atoms with E-state index in [2.05, 4.69) is 10.1 Å². The Morgan fingerprint density at radius 2 is 1.83 bits per heavy atom. The molecule has 0 spiro atoms. The molecular formula is C28H26F2N8O3. The fraction of sp³-hybridized carbons (Fsp3) is 0.286. The summed E-state index contributed by atoms with van der Waals surface area (Å²) in [6.45, 7) is 0.880. The lowest BCUT2D eigenvalue weighted by Crippen LogP contribution is -2.38. The molecule has 5 heterocycles. The number of alkyl halides is 2. The second-order valence-electron chi connectivity index (χ2n) is 10.3. The van der Waals surface area contributed by atoms with Crippen LogP contribution < -0.4 is 10.4 Å². The third kappa shape index (κ3) is 3.87. The van der Waals surface area contributed by atoms with E-state index >= 15 is 0 Å². The zero-order valence-corrected chi connectivity index (χ0v) is 22.7. The molecule has 0 radical (unpaired) electrons. The van der Waals surface area contributed by atoms with Crippen molar-refractivity contribution in [3.8, 4) is 34.1 Å². The third-order valence-corrected chi connectivity index (χ3v) is 7.59. The van der Waals surface area contributed by atoms with Crippen molar-refractivity contribution in [3.63, 3.8) is 0 Å². The average Bonchev–Trinajstić information content (AvgIpc) is 3.68. The van der Waals surface area contributed by atoms with Crippen LogP contribution in [0.15, 0.2) is 54.0 Å². The average molecular weight is 561 g/mol. The summed E-state index contributed by atoms with van der Waals surface area (Å²) < 4.78 is 48.9. The third-order valence-electron chi connectivity index (χ3n) is 7.59. The number of rotatable bonds is 6. The van der Waals surface area contributed by atoms with Crippen LogP contribution in [-0.2, 0) is 32.9 Å². The van der Waals surface area contributed by atoms with Crippen molar-refractivity contribution in [1.82, 2.24) is 38.0 Å². The predicted octanol–water partition coefficient (Wildman–Crippen LogP) is 3.73. The van der Waals surface area contributed by atoms with Crippen LogP contribution in [0.4, 0.5) is 8.78 Å². The molecule has 1 aliphatic heterocycles. The first-order valence-electron chi connectivity index (χ1n) is 13.0. The fourth-order valence-corrected chi connectivity index (χ4v) is 5.41. The molecule has 0 aliphatic carbocycles. The van der Waals surface area contributed by atoms with Crippen molar-refractivity contribution in [2.45, 2.75) is 12.5 Å². The molecule has 210 valence electrons. The van der Waals surface area contributed by atoms with Gasteiger partial charge in [0.15, 0.2) is 5.82 Å². The van der Waals surface area contributed by atoms with Gasteiger partial charge in [-0.1, -0.05) is 0 Å². The summed E-state index contributed by atoms with van der Waals surface area (Å²) >= 11 is 0. The largest absolute Gasteiger partial charge is 0.483 e. The van der Waals surface area contributed by atoms with E-state index in [-0.39, 0.29) is 17.4 Å². The van der Waals surface area contributed by atoms with Crippen molar-refractivity contribution >= 4 is 22.1 Å². The molecule has 0 N–H and O–H groups in total. The highest BCUT2D eigenvalue weighted by Gasteiger charge is 2.27. The number of halogens is 2. The summed E-state index contributed by atoms with van der Waals surface area (Å²) in [6, 6.07) is 6.81. The predicted molar refractivity (Wildman–Crippen MR) is 147 cm³/mol. The molecule has 0 amide bonds. The quantitative estimate of drug-likeness (QED) is 0.308. The number of nitrogens with zero attached hydrogens (tertiary/aromatic N) is 8. The molecule has 4 aromatic heterocycles. The van der Waals surface area contributed by atoms with Gasteiger partial charge in [0, 0.05) is 51.6 Å². The number of hydrogen-bond donors (Lipinski definition) is 0. The van der Waals surface area contributed by atoms with Crippen molar-refractivity contribution < 1.29 is 18.3 Å². The molecular weight excluding hydrogens is 534 g/mol. The molecule has 2 aromatic carbocycles. The lowest BCUT2D eigenvalue weighted by Gasteiger charge is -2.27. The van der Waals surface area contributed by atoms with Gasteiger partial charge in [-0.15, -0.1) is 0 Å². The van der Waals surface area contributed by atoms with E-state index in [0.717, 1.165) is 0 Å². The lowest BCUT2D eigenvalue weighted by atomic mass is 10.0. The maximum atomic E-state index is 14.5. The van der Waals surface area contributed by atoms with Gasteiger partial charge in [0.05, 0.1) is 54.2 Å². The number of aryl methyl sites for hydroxylation is 4. The van der Waals surface area contributed by atoms with Crippen LogP contribution in [-0.4, -0.2) is 57.3 Å². The minimum atomic E-state index is -2.74. The van der Waals surface area contributed by atoms with Crippen LogP contribution in [0.25, 0.3) is 50.4 Å². The molecule has 1 saturated heterocycles. The summed E-state index contributed by atoms with van der Waals surface area (Å²) in [5, 5.41) is 4.17. The number of aromatic nitrogens is 8. The van der Waals surface area contributed by atoms with Crippen molar-refractivity contribution in [3.05, 3.63) is 65.2 Å². The second kappa shape index (κ2) is 9.13.